The summed E-state index contributed by atoms with van der Waals surface area (Å²) >= 11 is 0. The normalized spacial score (nSPS) is 11.9. The molecule has 4 aromatic rings. The highest BCUT2D eigenvalue weighted by Gasteiger charge is 2.26. The van der Waals surface area contributed by atoms with E-state index in [1.54, 1.807) is 0 Å². The number of hydrogen-bond acceptors (Lipinski definition) is 4. The summed E-state index contributed by atoms with van der Waals surface area (Å²) in [5.74, 6) is -0.216. The van der Waals surface area contributed by atoms with Crippen LogP contribution in [0.15, 0.2) is 78.9 Å². The maximum absolute atomic E-state index is 12.8. The smallest absolute Gasteiger partial charge is 0.253 e. The largest absolute Gasteiger partial charge is 0.488 e. The second-order valence-electron chi connectivity index (χ2n) is 7.58. The van der Waals surface area contributed by atoms with Gasteiger partial charge in [0, 0.05) is 16.9 Å². The van der Waals surface area contributed by atoms with Crippen LogP contribution in [0.1, 0.15) is 40.7 Å². The summed E-state index contributed by atoms with van der Waals surface area (Å²) in [6.45, 7) is 1.97. The van der Waals surface area contributed by atoms with Gasteiger partial charge in [0.25, 0.3) is 5.91 Å². The fraction of sp³-hybridized carbons (Fsp3) is 0.185. The Hall–Kier alpha value is -3.70. The van der Waals surface area contributed by atoms with E-state index < -0.39 is 5.91 Å². The third-order valence-electron chi connectivity index (χ3n) is 5.62. The Labute approximate surface area is 187 Å². The van der Waals surface area contributed by atoms with Gasteiger partial charge in [-0.2, -0.15) is 0 Å². The molecule has 5 nitrogen and oxygen atoms in total. The van der Waals surface area contributed by atoms with E-state index >= 15 is 0 Å². The van der Waals surface area contributed by atoms with Crippen molar-refractivity contribution in [2.24, 2.45) is 5.73 Å². The quantitative estimate of drug-likeness (QED) is 0.419. The standard InChI is InChI=1S/C27H26N2O3/c1-2-20(18-10-5-3-6-11-18)21-14-9-15-22-23(21)24(27(28)31)26(32-17-16-30)25(29-22)19-12-7-4-8-13-19/h3-15,20,30H,2,16-17H2,1H3,(H2,28,31). The van der Waals surface area contributed by atoms with Gasteiger partial charge < -0.3 is 15.6 Å². The molecule has 5 heteroatoms. The molecule has 4 rings (SSSR count). The van der Waals surface area contributed by atoms with Gasteiger partial charge in [0.2, 0.25) is 0 Å². The topological polar surface area (TPSA) is 85.4 Å². The second-order valence-corrected chi connectivity index (χ2v) is 7.58. The minimum Gasteiger partial charge on any atom is -0.488 e. The summed E-state index contributed by atoms with van der Waals surface area (Å²) in [6.07, 6.45) is 0.842. The Kier molecular flexibility index (Phi) is 6.47. The maximum atomic E-state index is 12.8. The van der Waals surface area contributed by atoms with Gasteiger partial charge in [-0.05, 0) is 23.6 Å². The first kappa shape index (κ1) is 21.5. The zero-order valence-electron chi connectivity index (χ0n) is 18.0. The molecule has 1 atom stereocenters. The SMILES string of the molecule is CCC(c1ccccc1)c1cccc2nc(-c3ccccc3)c(OCCO)c(C(N)=O)c12. The summed E-state index contributed by atoms with van der Waals surface area (Å²) in [6, 6.07) is 25.6. The third kappa shape index (κ3) is 4.07. The zero-order valence-corrected chi connectivity index (χ0v) is 18.0. The van der Waals surface area contributed by atoms with Crippen LogP contribution in [0, 0.1) is 0 Å². The molecule has 3 aromatic carbocycles. The van der Waals surface area contributed by atoms with Crippen LogP contribution in [0.3, 0.4) is 0 Å². The lowest BCUT2D eigenvalue weighted by Gasteiger charge is -2.22. The number of benzene rings is 3. The van der Waals surface area contributed by atoms with E-state index in [1.165, 1.54) is 0 Å². The molecule has 0 bridgehead atoms. The number of hydrogen-bond donors (Lipinski definition) is 2. The van der Waals surface area contributed by atoms with Gasteiger partial charge in [-0.15, -0.1) is 0 Å². The lowest BCUT2D eigenvalue weighted by molar-refractivity contribution is 0.0996. The van der Waals surface area contributed by atoms with Crippen LogP contribution in [-0.2, 0) is 0 Å². The summed E-state index contributed by atoms with van der Waals surface area (Å²) in [7, 11) is 0. The van der Waals surface area contributed by atoms with Crippen LogP contribution in [0.25, 0.3) is 22.2 Å². The van der Waals surface area contributed by atoms with E-state index in [0.717, 1.165) is 23.1 Å². The van der Waals surface area contributed by atoms with Gasteiger partial charge in [0.15, 0.2) is 5.75 Å². The molecule has 3 N–H and O–H groups in total. The molecule has 0 aliphatic carbocycles. The monoisotopic (exact) mass is 426 g/mol. The average Bonchev–Trinajstić information content (AvgIpc) is 2.83. The first-order valence-corrected chi connectivity index (χ1v) is 10.8. The number of carbonyl (C=O) groups is 1. The number of aromatic nitrogens is 1. The number of fused-ring (bicyclic) bond motifs is 1. The van der Waals surface area contributed by atoms with E-state index in [0.29, 0.717) is 27.9 Å². The van der Waals surface area contributed by atoms with E-state index in [4.69, 9.17) is 15.5 Å². The van der Waals surface area contributed by atoms with Crippen molar-refractivity contribution < 1.29 is 14.6 Å². The van der Waals surface area contributed by atoms with Gasteiger partial charge in [-0.1, -0.05) is 79.7 Å². The summed E-state index contributed by atoms with van der Waals surface area (Å²) < 4.78 is 5.90. The van der Waals surface area contributed by atoms with Crippen molar-refractivity contribution in [3.8, 4) is 17.0 Å². The van der Waals surface area contributed by atoms with E-state index in [2.05, 4.69) is 19.1 Å². The first-order chi connectivity index (χ1) is 15.7. The lowest BCUT2D eigenvalue weighted by Crippen LogP contribution is -2.17. The Morgan fingerprint density at radius 2 is 1.69 bits per heavy atom. The zero-order chi connectivity index (χ0) is 22.5. The molecule has 0 spiro atoms. The number of ether oxygens (including phenoxy) is 1. The number of aliphatic hydroxyl groups is 1. The van der Waals surface area contributed by atoms with Crippen LogP contribution >= 0.6 is 0 Å². The highest BCUT2D eigenvalue weighted by Crippen LogP contribution is 2.41. The molecule has 0 radical (unpaired) electrons. The number of pyridine rings is 1. The highest BCUT2D eigenvalue weighted by atomic mass is 16.5. The molecule has 1 unspecified atom stereocenters. The number of aliphatic hydroxyl groups excluding tert-OH is 1. The molecule has 0 saturated carbocycles. The summed E-state index contributed by atoms with van der Waals surface area (Å²) in [5.41, 5.74) is 10.4. The van der Waals surface area contributed by atoms with Crippen molar-refractivity contribution in [3.63, 3.8) is 0 Å². The molecule has 162 valence electrons. The highest BCUT2D eigenvalue weighted by molar-refractivity contribution is 6.11. The molecule has 1 amide bonds. The molecule has 0 aliphatic heterocycles. The number of nitrogens with two attached hydrogens (primary N) is 1. The third-order valence-corrected chi connectivity index (χ3v) is 5.62. The van der Waals surface area contributed by atoms with Crippen molar-refractivity contribution >= 4 is 16.8 Å². The predicted molar refractivity (Wildman–Crippen MR) is 127 cm³/mol. The van der Waals surface area contributed by atoms with Crippen molar-refractivity contribution in [1.82, 2.24) is 4.98 Å². The van der Waals surface area contributed by atoms with Crippen molar-refractivity contribution in [3.05, 3.63) is 95.6 Å². The predicted octanol–water partition coefficient (Wildman–Crippen LogP) is 4.91. The molecule has 0 fully saturated rings. The molecular weight excluding hydrogens is 400 g/mol. The Balaban J connectivity index is 2.06. The first-order valence-electron chi connectivity index (χ1n) is 10.8. The van der Waals surface area contributed by atoms with Crippen LogP contribution in [0.2, 0.25) is 0 Å². The van der Waals surface area contributed by atoms with Gasteiger partial charge in [0.1, 0.15) is 12.3 Å². The molecule has 1 aromatic heterocycles. The van der Waals surface area contributed by atoms with Gasteiger partial charge in [0.05, 0.1) is 17.7 Å². The summed E-state index contributed by atoms with van der Waals surface area (Å²) in [4.78, 5) is 17.7. The number of carbonyl (C=O) groups excluding carboxylic acids is 1. The number of amides is 1. The van der Waals surface area contributed by atoms with Gasteiger partial charge in [-0.25, -0.2) is 4.98 Å². The van der Waals surface area contributed by atoms with Gasteiger partial charge in [-0.3, -0.25) is 4.79 Å². The number of nitrogens with zero attached hydrogens (tertiary/aromatic N) is 1. The Morgan fingerprint density at radius 3 is 2.31 bits per heavy atom. The minimum absolute atomic E-state index is 0.0331. The summed E-state index contributed by atoms with van der Waals surface area (Å²) in [5, 5.41) is 10.1. The molecular formula is C27H26N2O3. The van der Waals surface area contributed by atoms with Crippen molar-refractivity contribution in [2.75, 3.05) is 13.2 Å². The molecule has 0 saturated heterocycles. The van der Waals surface area contributed by atoms with Crippen molar-refractivity contribution in [1.29, 1.82) is 0 Å². The van der Waals surface area contributed by atoms with E-state index in [9.17, 15) is 9.90 Å². The van der Waals surface area contributed by atoms with E-state index in [-0.39, 0.29) is 19.1 Å². The Bertz CT molecular complexity index is 1220. The molecule has 32 heavy (non-hydrogen) atoms. The van der Waals surface area contributed by atoms with Gasteiger partial charge >= 0.3 is 0 Å². The van der Waals surface area contributed by atoms with Crippen LogP contribution in [0.5, 0.6) is 5.75 Å². The average molecular weight is 427 g/mol. The lowest BCUT2D eigenvalue weighted by atomic mass is 9.85. The number of rotatable bonds is 8. The van der Waals surface area contributed by atoms with Crippen molar-refractivity contribution in [2.45, 2.75) is 19.3 Å². The molecule has 0 aliphatic rings. The van der Waals surface area contributed by atoms with Crippen LogP contribution in [-0.4, -0.2) is 29.2 Å². The fourth-order valence-electron chi connectivity index (χ4n) is 4.25. The molecule has 1 heterocycles. The fourth-order valence-corrected chi connectivity index (χ4v) is 4.25. The second kappa shape index (κ2) is 9.62. The van der Waals surface area contributed by atoms with Crippen LogP contribution < -0.4 is 10.5 Å². The Morgan fingerprint density at radius 1 is 1.00 bits per heavy atom. The minimum atomic E-state index is -0.585. The van der Waals surface area contributed by atoms with E-state index in [1.807, 2.05) is 66.7 Å². The van der Waals surface area contributed by atoms with Crippen LogP contribution in [0.4, 0.5) is 0 Å². The number of primary amides is 1. The maximum Gasteiger partial charge on any atom is 0.253 e.